The van der Waals surface area contributed by atoms with E-state index in [-0.39, 0.29) is 0 Å². The molecule has 1 rings (SSSR count). The highest BCUT2D eigenvalue weighted by molar-refractivity contribution is 5.73. The van der Waals surface area contributed by atoms with Crippen LogP contribution in [0.1, 0.15) is 5.56 Å². The van der Waals surface area contributed by atoms with Crippen molar-refractivity contribution in [3.63, 3.8) is 0 Å². The van der Waals surface area contributed by atoms with Gasteiger partial charge in [-0.25, -0.2) is 9.59 Å². The van der Waals surface area contributed by atoms with E-state index in [1.54, 1.807) is 24.5 Å². The predicted octanol–water partition coefficient (Wildman–Crippen LogP) is 1.30. The topological polar surface area (TPSA) is 151 Å². The van der Waals surface area contributed by atoms with Crippen molar-refractivity contribution in [1.29, 1.82) is 0 Å². The van der Waals surface area contributed by atoms with E-state index >= 15 is 0 Å². The van der Waals surface area contributed by atoms with E-state index in [4.69, 9.17) is 30.6 Å². The van der Waals surface area contributed by atoms with Crippen LogP contribution in [0.4, 0.5) is 26.3 Å². The average molecular weight is 394 g/mol. The SMILES string of the molecule is N[C@H](Cc1ccncc1)C(=O)O.O=C(O)C(F)(F)F.O=C(O)C(F)(F)F. The van der Waals surface area contributed by atoms with Gasteiger partial charge in [-0.3, -0.25) is 9.78 Å². The standard InChI is InChI=1S/C8H10N2O2.2C2HF3O2/c9-7(8(11)12)5-6-1-3-10-4-2-6;2*3-2(4,5)1(6)7/h1-4,7H,5,9H2,(H,11,12);2*(H,6,7)/t7-;;/m1../s1. The lowest BCUT2D eigenvalue weighted by molar-refractivity contribution is -0.193. The fourth-order valence-corrected chi connectivity index (χ4v) is 0.860. The molecule has 0 saturated carbocycles. The molecule has 1 aromatic rings. The first-order valence-electron chi connectivity index (χ1n) is 6.06. The molecule has 0 aliphatic heterocycles. The van der Waals surface area contributed by atoms with E-state index in [2.05, 4.69) is 4.98 Å². The number of rotatable bonds is 3. The van der Waals surface area contributed by atoms with Crippen LogP contribution < -0.4 is 5.73 Å². The first-order chi connectivity index (χ1) is 11.6. The van der Waals surface area contributed by atoms with Crippen LogP contribution in [0.5, 0.6) is 0 Å². The Morgan fingerprint density at radius 2 is 1.23 bits per heavy atom. The van der Waals surface area contributed by atoms with Crippen LogP contribution >= 0.6 is 0 Å². The highest BCUT2D eigenvalue weighted by Gasteiger charge is 2.38. The third-order valence-electron chi connectivity index (χ3n) is 2.01. The van der Waals surface area contributed by atoms with Gasteiger partial charge in [0.05, 0.1) is 0 Å². The third kappa shape index (κ3) is 13.5. The maximum Gasteiger partial charge on any atom is 0.490 e. The smallest absolute Gasteiger partial charge is 0.480 e. The largest absolute Gasteiger partial charge is 0.490 e. The number of aromatic nitrogens is 1. The number of carbonyl (C=O) groups is 3. The molecule has 0 spiro atoms. The number of nitrogens with zero attached hydrogens (tertiary/aromatic N) is 1. The molecule has 0 amide bonds. The molecule has 0 saturated heterocycles. The number of alkyl halides is 6. The van der Waals surface area contributed by atoms with Gasteiger partial charge in [-0.05, 0) is 24.1 Å². The summed E-state index contributed by atoms with van der Waals surface area (Å²) >= 11 is 0. The molecular weight excluding hydrogens is 382 g/mol. The zero-order valence-electron chi connectivity index (χ0n) is 12.5. The second-order valence-corrected chi connectivity index (χ2v) is 4.11. The molecule has 0 unspecified atom stereocenters. The van der Waals surface area contributed by atoms with Crippen molar-refractivity contribution in [2.75, 3.05) is 0 Å². The molecule has 0 radical (unpaired) electrons. The number of halogens is 6. The van der Waals surface area contributed by atoms with Gasteiger partial charge in [0.15, 0.2) is 0 Å². The zero-order valence-corrected chi connectivity index (χ0v) is 12.5. The molecule has 148 valence electrons. The van der Waals surface area contributed by atoms with Gasteiger partial charge in [-0.1, -0.05) is 0 Å². The summed E-state index contributed by atoms with van der Waals surface area (Å²) in [6, 6.07) is 2.68. The molecule has 0 fully saturated rings. The fourth-order valence-electron chi connectivity index (χ4n) is 0.860. The maximum atomic E-state index is 10.6. The van der Waals surface area contributed by atoms with Gasteiger partial charge in [-0.2, -0.15) is 26.3 Å². The summed E-state index contributed by atoms with van der Waals surface area (Å²) in [6.45, 7) is 0. The minimum absolute atomic E-state index is 0.345. The van der Waals surface area contributed by atoms with Crippen LogP contribution in [-0.4, -0.2) is 56.6 Å². The summed E-state index contributed by atoms with van der Waals surface area (Å²) in [7, 11) is 0. The molecule has 1 heterocycles. The summed E-state index contributed by atoms with van der Waals surface area (Å²) in [5.41, 5.74) is 6.22. The lowest BCUT2D eigenvalue weighted by Gasteiger charge is -2.04. The van der Waals surface area contributed by atoms with Crippen molar-refractivity contribution in [2.24, 2.45) is 5.73 Å². The monoisotopic (exact) mass is 394 g/mol. The van der Waals surface area contributed by atoms with Crippen molar-refractivity contribution in [2.45, 2.75) is 24.8 Å². The molecule has 0 aliphatic rings. The van der Waals surface area contributed by atoms with E-state index < -0.39 is 36.3 Å². The van der Waals surface area contributed by atoms with Crippen LogP contribution in [0.3, 0.4) is 0 Å². The number of hydrogen-bond acceptors (Lipinski definition) is 5. The van der Waals surface area contributed by atoms with Gasteiger partial charge in [0.1, 0.15) is 6.04 Å². The number of hydrogen-bond donors (Lipinski definition) is 4. The van der Waals surface area contributed by atoms with Crippen LogP contribution in [-0.2, 0) is 20.8 Å². The van der Waals surface area contributed by atoms with Gasteiger partial charge in [0, 0.05) is 12.4 Å². The van der Waals surface area contributed by atoms with Gasteiger partial charge in [0.2, 0.25) is 0 Å². The fraction of sp³-hybridized carbons (Fsp3) is 0.333. The Morgan fingerprint density at radius 3 is 1.46 bits per heavy atom. The average Bonchev–Trinajstić information content (AvgIpc) is 2.47. The lowest BCUT2D eigenvalue weighted by Crippen LogP contribution is -2.32. The number of carboxylic acids is 3. The first kappa shape index (κ1) is 25.3. The summed E-state index contributed by atoms with van der Waals surface area (Å²) in [4.78, 5) is 32.0. The number of pyridine rings is 1. The maximum absolute atomic E-state index is 10.6. The van der Waals surface area contributed by atoms with Crippen LogP contribution in [0.2, 0.25) is 0 Å². The number of nitrogens with two attached hydrogens (primary N) is 1. The van der Waals surface area contributed by atoms with Crippen LogP contribution in [0, 0.1) is 0 Å². The van der Waals surface area contributed by atoms with E-state index in [0.29, 0.717) is 6.42 Å². The Hall–Kier alpha value is -2.90. The molecule has 8 nitrogen and oxygen atoms in total. The third-order valence-corrected chi connectivity index (χ3v) is 2.01. The van der Waals surface area contributed by atoms with Crippen molar-refractivity contribution < 1.29 is 56.0 Å². The number of carboxylic acid groups (broad SMARTS) is 3. The summed E-state index contributed by atoms with van der Waals surface area (Å²) in [6.07, 6.45) is -6.59. The molecule has 0 bridgehead atoms. The van der Waals surface area contributed by atoms with Crippen molar-refractivity contribution >= 4 is 17.9 Å². The Balaban J connectivity index is 0. The summed E-state index contributed by atoms with van der Waals surface area (Å²) in [5.74, 6) is -6.49. The first-order valence-corrected chi connectivity index (χ1v) is 6.06. The van der Waals surface area contributed by atoms with Crippen LogP contribution in [0.15, 0.2) is 24.5 Å². The highest BCUT2D eigenvalue weighted by Crippen LogP contribution is 2.13. The van der Waals surface area contributed by atoms with Gasteiger partial charge in [0.25, 0.3) is 0 Å². The minimum Gasteiger partial charge on any atom is -0.480 e. The molecule has 5 N–H and O–H groups in total. The van der Waals surface area contributed by atoms with E-state index in [0.717, 1.165) is 5.56 Å². The van der Waals surface area contributed by atoms with Gasteiger partial charge in [-0.15, -0.1) is 0 Å². The van der Waals surface area contributed by atoms with E-state index in [1.807, 2.05) is 0 Å². The quantitative estimate of drug-likeness (QED) is 0.560. The zero-order chi connectivity index (χ0) is 21.1. The Morgan fingerprint density at radius 1 is 0.923 bits per heavy atom. The molecule has 26 heavy (non-hydrogen) atoms. The Labute approximate surface area is 140 Å². The van der Waals surface area contributed by atoms with Crippen molar-refractivity contribution in [3.8, 4) is 0 Å². The van der Waals surface area contributed by atoms with Crippen molar-refractivity contribution in [3.05, 3.63) is 30.1 Å². The summed E-state index contributed by atoms with van der Waals surface area (Å²) in [5, 5.41) is 22.8. The predicted molar refractivity (Wildman–Crippen MR) is 70.9 cm³/mol. The second kappa shape index (κ2) is 10.9. The highest BCUT2D eigenvalue weighted by atomic mass is 19.4. The molecule has 1 atom stereocenters. The molecular formula is C12H12F6N2O6. The molecule has 14 heteroatoms. The lowest BCUT2D eigenvalue weighted by atomic mass is 10.1. The van der Waals surface area contributed by atoms with Crippen LogP contribution in [0.25, 0.3) is 0 Å². The van der Waals surface area contributed by atoms with E-state index in [1.165, 1.54) is 0 Å². The number of aliphatic carboxylic acids is 3. The van der Waals surface area contributed by atoms with E-state index in [9.17, 15) is 31.1 Å². The van der Waals surface area contributed by atoms with Gasteiger partial charge >= 0.3 is 30.3 Å². The Bertz CT molecular complexity index is 566. The normalized spacial score (nSPS) is 11.8. The second-order valence-electron chi connectivity index (χ2n) is 4.11. The van der Waals surface area contributed by atoms with Gasteiger partial charge < -0.3 is 21.1 Å². The Kier molecular flexibility index (Phi) is 10.6. The molecule has 1 aromatic heterocycles. The molecule has 0 aromatic carbocycles. The molecule has 0 aliphatic carbocycles. The summed E-state index contributed by atoms with van der Waals surface area (Å²) < 4.78 is 63.5. The minimum atomic E-state index is -5.08. The van der Waals surface area contributed by atoms with Crippen molar-refractivity contribution in [1.82, 2.24) is 4.98 Å².